The minimum atomic E-state index is -0.500. The molecule has 2 aromatic carbocycles. The van der Waals surface area contributed by atoms with E-state index in [2.05, 4.69) is 0 Å². The number of ether oxygens (including phenoxy) is 1. The van der Waals surface area contributed by atoms with Crippen LogP contribution in [0.3, 0.4) is 0 Å². The minimum Gasteiger partial charge on any atom is -0.489 e. The number of halogens is 1. The van der Waals surface area contributed by atoms with Crippen molar-refractivity contribution >= 4 is 17.7 Å². The molecule has 5 heteroatoms. The summed E-state index contributed by atoms with van der Waals surface area (Å²) in [5.41, 5.74) is 1.68. The van der Waals surface area contributed by atoms with Crippen LogP contribution in [-0.4, -0.2) is 4.92 Å². The van der Waals surface area contributed by atoms with Crippen molar-refractivity contribution in [3.63, 3.8) is 0 Å². The first-order valence-corrected chi connectivity index (χ1v) is 6.30. The average molecular weight is 290 g/mol. The van der Waals surface area contributed by atoms with Gasteiger partial charge in [-0.25, -0.2) is 0 Å². The Morgan fingerprint density at radius 3 is 2.75 bits per heavy atom. The standard InChI is InChI=1S/C15H12ClNO3/c16-14-5-1-4-13(9-14)11-20-15-6-2-3-12(10-15)7-8-17(18)19/h1-10H,11H2/b8-7+. The van der Waals surface area contributed by atoms with Crippen LogP contribution in [-0.2, 0) is 6.61 Å². The van der Waals surface area contributed by atoms with Gasteiger partial charge in [-0.15, -0.1) is 0 Å². The smallest absolute Gasteiger partial charge is 0.235 e. The zero-order valence-electron chi connectivity index (χ0n) is 10.5. The van der Waals surface area contributed by atoms with Crippen LogP contribution in [0.1, 0.15) is 11.1 Å². The van der Waals surface area contributed by atoms with E-state index < -0.39 is 4.92 Å². The predicted octanol–water partition coefficient (Wildman–Crippen LogP) is 4.17. The fourth-order valence-electron chi connectivity index (χ4n) is 1.65. The summed E-state index contributed by atoms with van der Waals surface area (Å²) >= 11 is 5.89. The van der Waals surface area contributed by atoms with Gasteiger partial charge >= 0.3 is 0 Å². The van der Waals surface area contributed by atoms with Crippen LogP contribution < -0.4 is 4.74 Å². The van der Waals surface area contributed by atoms with Crippen LogP contribution in [0.2, 0.25) is 5.02 Å². The number of rotatable bonds is 5. The van der Waals surface area contributed by atoms with Gasteiger partial charge in [0.1, 0.15) is 12.4 Å². The zero-order chi connectivity index (χ0) is 14.4. The minimum absolute atomic E-state index is 0.392. The number of benzene rings is 2. The van der Waals surface area contributed by atoms with Gasteiger partial charge in [-0.2, -0.15) is 0 Å². The normalized spacial score (nSPS) is 10.7. The van der Waals surface area contributed by atoms with E-state index in [1.165, 1.54) is 6.08 Å². The molecule has 0 bridgehead atoms. The van der Waals surface area contributed by atoms with Crippen molar-refractivity contribution in [2.75, 3.05) is 0 Å². The summed E-state index contributed by atoms with van der Waals surface area (Å²) in [6.07, 6.45) is 2.32. The van der Waals surface area contributed by atoms with E-state index in [4.69, 9.17) is 16.3 Å². The van der Waals surface area contributed by atoms with Crippen molar-refractivity contribution in [1.29, 1.82) is 0 Å². The summed E-state index contributed by atoms with van der Waals surface area (Å²) in [6.45, 7) is 0.392. The van der Waals surface area contributed by atoms with Gasteiger partial charge in [0.2, 0.25) is 6.20 Å². The summed E-state index contributed by atoms with van der Waals surface area (Å²) in [5.74, 6) is 0.649. The highest BCUT2D eigenvalue weighted by molar-refractivity contribution is 6.30. The Hall–Kier alpha value is -2.33. The van der Waals surface area contributed by atoms with Crippen molar-refractivity contribution in [3.05, 3.63) is 81.0 Å². The Balaban J connectivity index is 2.03. The molecule has 0 aliphatic rings. The molecular formula is C15H12ClNO3. The first-order chi connectivity index (χ1) is 9.63. The van der Waals surface area contributed by atoms with Gasteiger partial charge in [-0.05, 0) is 35.4 Å². The molecule has 0 saturated carbocycles. The maximum absolute atomic E-state index is 10.3. The summed E-state index contributed by atoms with van der Waals surface area (Å²) in [5, 5.41) is 10.9. The van der Waals surface area contributed by atoms with Crippen LogP contribution in [0.25, 0.3) is 6.08 Å². The third kappa shape index (κ3) is 4.40. The van der Waals surface area contributed by atoms with Crippen LogP contribution >= 0.6 is 11.6 Å². The van der Waals surface area contributed by atoms with Gasteiger partial charge in [0.15, 0.2) is 0 Å². The van der Waals surface area contributed by atoms with E-state index in [9.17, 15) is 10.1 Å². The van der Waals surface area contributed by atoms with Gasteiger partial charge in [0.25, 0.3) is 0 Å². The number of nitrogens with zero attached hydrogens (tertiary/aromatic N) is 1. The molecule has 0 aliphatic heterocycles. The van der Waals surface area contributed by atoms with Crippen molar-refractivity contribution in [1.82, 2.24) is 0 Å². The van der Waals surface area contributed by atoms with Gasteiger partial charge < -0.3 is 4.74 Å². The maximum Gasteiger partial charge on any atom is 0.235 e. The Morgan fingerprint density at radius 1 is 1.20 bits per heavy atom. The summed E-state index contributed by atoms with van der Waals surface area (Å²) in [4.78, 5) is 9.77. The van der Waals surface area contributed by atoms with Crippen molar-refractivity contribution < 1.29 is 9.66 Å². The lowest BCUT2D eigenvalue weighted by Gasteiger charge is -2.07. The first kappa shape index (κ1) is 14.1. The van der Waals surface area contributed by atoms with Crippen LogP contribution in [0.15, 0.2) is 54.7 Å². The van der Waals surface area contributed by atoms with Crippen molar-refractivity contribution in [2.45, 2.75) is 6.61 Å². The molecule has 0 heterocycles. The van der Waals surface area contributed by atoms with E-state index in [1.54, 1.807) is 30.3 Å². The van der Waals surface area contributed by atoms with Crippen LogP contribution in [0, 0.1) is 10.1 Å². The third-order valence-electron chi connectivity index (χ3n) is 2.54. The number of nitro groups is 1. The molecule has 0 unspecified atom stereocenters. The lowest BCUT2D eigenvalue weighted by molar-refractivity contribution is -0.400. The van der Waals surface area contributed by atoms with E-state index in [1.807, 2.05) is 18.2 Å². The zero-order valence-corrected chi connectivity index (χ0v) is 11.3. The van der Waals surface area contributed by atoms with Crippen molar-refractivity contribution in [3.8, 4) is 5.75 Å². The molecule has 0 amide bonds. The molecule has 0 aliphatic carbocycles. The van der Waals surface area contributed by atoms with Crippen LogP contribution in [0.5, 0.6) is 5.75 Å². The lowest BCUT2D eigenvalue weighted by atomic mass is 10.2. The Morgan fingerprint density at radius 2 is 2.00 bits per heavy atom. The molecule has 0 saturated heterocycles. The molecule has 0 radical (unpaired) electrons. The highest BCUT2D eigenvalue weighted by Gasteiger charge is 1.98. The second kappa shape index (κ2) is 6.73. The van der Waals surface area contributed by atoms with Gasteiger partial charge in [0.05, 0.1) is 4.92 Å². The number of hydrogen-bond donors (Lipinski definition) is 0. The SMILES string of the molecule is O=[N+]([O-])/C=C/c1cccc(OCc2cccc(Cl)c2)c1. The second-order valence-corrected chi connectivity index (χ2v) is 4.53. The van der Waals surface area contributed by atoms with E-state index in [0.29, 0.717) is 22.9 Å². The van der Waals surface area contributed by atoms with E-state index in [-0.39, 0.29) is 0 Å². The molecule has 4 nitrogen and oxygen atoms in total. The Labute approximate surface area is 121 Å². The summed E-state index contributed by atoms with van der Waals surface area (Å²) < 4.78 is 5.63. The highest BCUT2D eigenvalue weighted by atomic mass is 35.5. The third-order valence-corrected chi connectivity index (χ3v) is 2.78. The summed E-state index contributed by atoms with van der Waals surface area (Å²) in [7, 11) is 0. The molecule has 0 spiro atoms. The number of hydrogen-bond acceptors (Lipinski definition) is 3. The topological polar surface area (TPSA) is 52.4 Å². The monoisotopic (exact) mass is 289 g/mol. The fraction of sp³-hybridized carbons (Fsp3) is 0.0667. The molecule has 2 aromatic rings. The Bertz CT molecular complexity index is 641. The second-order valence-electron chi connectivity index (χ2n) is 4.09. The highest BCUT2D eigenvalue weighted by Crippen LogP contribution is 2.17. The van der Waals surface area contributed by atoms with E-state index >= 15 is 0 Å². The predicted molar refractivity (Wildman–Crippen MR) is 78.3 cm³/mol. The van der Waals surface area contributed by atoms with Gasteiger partial charge in [0, 0.05) is 11.1 Å². The molecule has 0 atom stereocenters. The van der Waals surface area contributed by atoms with Gasteiger partial charge in [-0.1, -0.05) is 35.9 Å². The molecule has 102 valence electrons. The van der Waals surface area contributed by atoms with E-state index in [0.717, 1.165) is 11.8 Å². The molecule has 0 aromatic heterocycles. The largest absolute Gasteiger partial charge is 0.489 e. The van der Waals surface area contributed by atoms with Crippen LogP contribution in [0.4, 0.5) is 0 Å². The molecular weight excluding hydrogens is 278 g/mol. The molecule has 20 heavy (non-hydrogen) atoms. The first-order valence-electron chi connectivity index (χ1n) is 5.92. The molecule has 0 N–H and O–H groups in total. The quantitative estimate of drug-likeness (QED) is 0.613. The fourth-order valence-corrected chi connectivity index (χ4v) is 1.86. The maximum atomic E-state index is 10.3. The van der Waals surface area contributed by atoms with Crippen molar-refractivity contribution in [2.24, 2.45) is 0 Å². The molecule has 2 rings (SSSR count). The Kier molecular flexibility index (Phi) is 4.74. The average Bonchev–Trinajstić information content (AvgIpc) is 2.43. The molecule has 0 fully saturated rings. The lowest BCUT2D eigenvalue weighted by Crippen LogP contribution is -1.95. The summed E-state index contributed by atoms with van der Waals surface area (Å²) in [6, 6.07) is 14.5. The van der Waals surface area contributed by atoms with Gasteiger partial charge in [-0.3, -0.25) is 10.1 Å².